The minimum absolute atomic E-state index is 0.0558. The average Bonchev–Trinajstić information content (AvgIpc) is 2.68. The minimum Gasteiger partial charge on any atom is -0.494 e. The quantitative estimate of drug-likeness (QED) is 0.813. The molecule has 0 unspecified atom stereocenters. The van der Waals surface area contributed by atoms with E-state index in [0.29, 0.717) is 13.0 Å². The normalized spacial score (nSPS) is 14.8. The van der Waals surface area contributed by atoms with E-state index < -0.39 is 0 Å². The van der Waals surface area contributed by atoms with Gasteiger partial charge in [0.15, 0.2) is 0 Å². The van der Waals surface area contributed by atoms with Crippen LogP contribution in [0, 0.1) is 6.92 Å². The first kappa shape index (κ1) is 19.2. The summed E-state index contributed by atoms with van der Waals surface area (Å²) in [6.45, 7) is 9.51. The number of hydrogen-bond acceptors (Lipinski definition) is 4. The summed E-state index contributed by atoms with van der Waals surface area (Å²) in [4.78, 5) is 17.0. The van der Waals surface area contributed by atoms with Crippen LogP contribution >= 0.6 is 0 Å². The molecule has 0 saturated carbocycles. The number of benzene rings is 2. The SMILES string of the molecule is CCOc1ccc(NC(=O)CCN2CCN(c3cccc(C)c3)CC2)cc1. The molecule has 1 aliphatic rings. The van der Waals surface area contributed by atoms with E-state index in [1.54, 1.807) is 0 Å². The lowest BCUT2D eigenvalue weighted by Gasteiger charge is -2.36. The predicted molar refractivity (Wildman–Crippen MR) is 111 cm³/mol. The van der Waals surface area contributed by atoms with Gasteiger partial charge in [-0.1, -0.05) is 12.1 Å². The highest BCUT2D eigenvalue weighted by molar-refractivity contribution is 5.90. The fraction of sp³-hybridized carbons (Fsp3) is 0.409. The molecule has 1 aliphatic heterocycles. The van der Waals surface area contributed by atoms with Crippen molar-refractivity contribution >= 4 is 17.3 Å². The highest BCUT2D eigenvalue weighted by Crippen LogP contribution is 2.18. The van der Waals surface area contributed by atoms with Crippen molar-refractivity contribution in [2.45, 2.75) is 20.3 Å². The van der Waals surface area contributed by atoms with Crippen molar-refractivity contribution in [2.75, 3.05) is 49.5 Å². The van der Waals surface area contributed by atoms with Gasteiger partial charge in [-0.15, -0.1) is 0 Å². The van der Waals surface area contributed by atoms with Crippen LogP contribution in [-0.2, 0) is 4.79 Å². The summed E-state index contributed by atoms with van der Waals surface area (Å²) in [5, 5.41) is 2.96. The molecule has 1 heterocycles. The lowest BCUT2D eigenvalue weighted by molar-refractivity contribution is -0.116. The minimum atomic E-state index is 0.0558. The Balaban J connectivity index is 1.40. The fourth-order valence-corrected chi connectivity index (χ4v) is 3.34. The first-order chi connectivity index (χ1) is 13.1. The maximum absolute atomic E-state index is 12.2. The Morgan fingerprint density at radius 3 is 2.48 bits per heavy atom. The monoisotopic (exact) mass is 367 g/mol. The van der Waals surface area contributed by atoms with E-state index in [1.807, 2.05) is 31.2 Å². The highest BCUT2D eigenvalue weighted by atomic mass is 16.5. The zero-order chi connectivity index (χ0) is 19.1. The van der Waals surface area contributed by atoms with Gasteiger partial charge in [0.2, 0.25) is 5.91 Å². The van der Waals surface area contributed by atoms with Gasteiger partial charge in [0, 0.05) is 50.5 Å². The number of anilines is 2. The molecule has 0 bridgehead atoms. The fourth-order valence-electron chi connectivity index (χ4n) is 3.34. The third-order valence-electron chi connectivity index (χ3n) is 4.84. The molecule has 1 saturated heterocycles. The number of rotatable bonds is 7. The largest absolute Gasteiger partial charge is 0.494 e. The van der Waals surface area contributed by atoms with Gasteiger partial charge in [-0.05, 0) is 55.8 Å². The molecule has 0 aliphatic carbocycles. The van der Waals surface area contributed by atoms with E-state index in [2.05, 4.69) is 46.3 Å². The second kappa shape index (κ2) is 9.42. The summed E-state index contributed by atoms with van der Waals surface area (Å²) >= 11 is 0. The number of amides is 1. The van der Waals surface area contributed by atoms with Crippen molar-refractivity contribution in [1.29, 1.82) is 0 Å². The number of nitrogens with zero attached hydrogens (tertiary/aromatic N) is 2. The van der Waals surface area contributed by atoms with Crippen LogP contribution in [0.1, 0.15) is 18.9 Å². The molecule has 2 aromatic rings. The molecule has 0 radical (unpaired) electrons. The van der Waals surface area contributed by atoms with Gasteiger partial charge in [0.1, 0.15) is 5.75 Å². The van der Waals surface area contributed by atoms with Gasteiger partial charge in [-0.25, -0.2) is 0 Å². The Morgan fingerprint density at radius 1 is 1.07 bits per heavy atom. The van der Waals surface area contributed by atoms with Crippen LogP contribution in [-0.4, -0.2) is 50.1 Å². The van der Waals surface area contributed by atoms with Gasteiger partial charge in [0.05, 0.1) is 6.61 Å². The van der Waals surface area contributed by atoms with Crippen LogP contribution in [0.5, 0.6) is 5.75 Å². The summed E-state index contributed by atoms with van der Waals surface area (Å²) < 4.78 is 5.42. The standard InChI is InChI=1S/C22H29N3O2/c1-3-27-21-9-7-19(8-10-21)23-22(26)11-12-24-13-15-25(16-14-24)20-6-4-5-18(2)17-20/h4-10,17H,3,11-16H2,1-2H3,(H,23,26). The van der Waals surface area contributed by atoms with Crippen LogP contribution in [0.25, 0.3) is 0 Å². The van der Waals surface area contributed by atoms with E-state index in [4.69, 9.17) is 4.74 Å². The number of carbonyl (C=O) groups excluding carboxylic acids is 1. The van der Waals surface area contributed by atoms with Crippen LogP contribution in [0.2, 0.25) is 0 Å². The van der Waals surface area contributed by atoms with Crippen LogP contribution < -0.4 is 15.0 Å². The number of aryl methyl sites for hydroxylation is 1. The Bertz CT molecular complexity index is 737. The summed E-state index contributed by atoms with van der Waals surface area (Å²) in [7, 11) is 0. The smallest absolute Gasteiger partial charge is 0.225 e. The molecule has 1 fully saturated rings. The van der Waals surface area contributed by atoms with Crippen molar-refractivity contribution in [2.24, 2.45) is 0 Å². The molecule has 5 heteroatoms. The maximum atomic E-state index is 12.2. The van der Waals surface area contributed by atoms with Gasteiger partial charge >= 0.3 is 0 Å². The van der Waals surface area contributed by atoms with E-state index in [0.717, 1.165) is 44.2 Å². The molecule has 1 amide bonds. The van der Waals surface area contributed by atoms with Crippen molar-refractivity contribution in [1.82, 2.24) is 4.90 Å². The second-order valence-corrected chi connectivity index (χ2v) is 6.92. The molecule has 0 aromatic heterocycles. The van der Waals surface area contributed by atoms with Crippen molar-refractivity contribution in [3.8, 4) is 5.75 Å². The molecule has 1 N–H and O–H groups in total. The van der Waals surface area contributed by atoms with Gasteiger partial charge in [0.25, 0.3) is 0 Å². The Morgan fingerprint density at radius 2 is 1.81 bits per heavy atom. The molecule has 0 spiro atoms. The molecule has 144 valence electrons. The molecule has 2 aromatic carbocycles. The number of piperazine rings is 1. The third kappa shape index (κ3) is 5.73. The molecule has 0 atom stereocenters. The van der Waals surface area contributed by atoms with Crippen LogP contribution in [0.4, 0.5) is 11.4 Å². The highest BCUT2D eigenvalue weighted by Gasteiger charge is 2.17. The average molecular weight is 367 g/mol. The zero-order valence-electron chi connectivity index (χ0n) is 16.3. The van der Waals surface area contributed by atoms with Crippen LogP contribution in [0.3, 0.4) is 0 Å². The molecular formula is C22H29N3O2. The number of hydrogen-bond donors (Lipinski definition) is 1. The summed E-state index contributed by atoms with van der Waals surface area (Å²) in [5.41, 5.74) is 3.40. The van der Waals surface area contributed by atoms with Crippen molar-refractivity contribution < 1.29 is 9.53 Å². The van der Waals surface area contributed by atoms with E-state index in [1.165, 1.54) is 11.3 Å². The van der Waals surface area contributed by atoms with Gasteiger partial charge in [-0.3, -0.25) is 9.69 Å². The predicted octanol–water partition coefficient (Wildman–Crippen LogP) is 3.54. The zero-order valence-corrected chi connectivity index (χ0v) is 16.3. The summed E-state index contributed by atoms with van der Waals surface area (Å²) in [6.07, 6.45) is 0.512. The lowest BCUT2D eigenvalue weighted by Crippen LogP contribution is -2.47. The van der Waals surface area contributed by atoms with E-state index >= 15 is 0 Å². The second-order valence-electron chi connectivity index (χ2n) is 6.92. The third-order valence-corrected chi connectivity index (χ3v) is 4.84. The molecule has 5 nitrogen and oxygen atoms in total. The first-order valence-corrected chi connectivity index (χ1v) is 9.71. The molecule has 3 rings (SSSR count). The van der Waals surface area contributed by atoms with E-state index in [-0.39, 0.29) is 5.91 Å². The van der Waals surface area contributed by atoms with Crippen LogP contribution in [0.15, 0.2) is 48.5 Å². The Kier molecular flexibility index (Phi) is 6.71. The number of nitrogens with one attached hydrogen (secondary N) is 1. The first-order valence-electron chi connectivity index (χ1n) is 9.71. The van der Waals surface area contributed by atoms with Gasteiger partial charge in [-0.2, -0.15) is 0 Å². The Hall–Kier alpha value is -2.53. The van der Waals surface area contributed by atoms with Gasteiger partial charge < -0.3 is 15.0 Å². The number of carbonyl (C=O) groups is 1. The summed E-state index contributed by atoms with van der Waals surface area (Å²) in [6, 6.07) is 16.2. The molecular weight excluding hydrogens is 338 g/mol. The van der Waals surface area contributed by atoms with Crippen molar-refractivity contribution in [3.63, 3.8) is 0 Å². The maximum Gasteiger partial charge on any atom is 0.225 e. The molecule has 27 heavy (non-hydrogen) atoms. The Labute approximate surface area is 161 Å². The van der Waals surface area contributed by atoms with E-state index in [9.17, 15) is 4.79 Å². The number of ether oxygens (including phenoxy) is 1. The topological polar surface area (TPSA) is 44.8 Å². The summed E-state index contributed by atoms with van der Waals surface area (Å²) in [5.74, 6) is 0.877. The van der Waals surface area contributed by atoms with Crippen molar-refractivity contribution in [3.05, 3.63) is 54.1 Å². The lowest BCUT2D eigenvalue weighted by atomic mass is 10.2.